The number of hydrogen-bond acceptors (Lipinski definition) is 3. The third-order valence-electron chi connectivity index (χ3n) is 1.62. The molecule has 0 amide bonds. The van der Waals surface area contributed by atoms with Crippen molar-refractivity contribution in [2.24, 2.45) is 0 Å². The molecule has 0 fully saturated rings. The van der Waals surface area contributed by atoms with Crippen molar-refractivity contribution in [2.75, 3.05) is 6.61 Å². The lowest BCUT2D eigenvalue weighted by molar-refractivity contribution is -0.274. The van der Waals surface area contributed by atoms with E-state index in [1.54, 1.807) is 29.5 Å². The van der Waals surface area contributed by atoms with Gasteiger partial charge in [-0.15, -0.1) is 13.2 Å². The summed E-state index contributed by atoms with van der Waals surface area (Å²) in [4.78, 5) is 11.4. The highest BCUT2D eigenvalue weighted by atomic mass is 127. The minimum atomic E-state index is -4.78. The fraction of sp³-hybridized carbons (Fsp3) is 0.300. The fourth-order valence-electron chi connectivity index (χ4n) is 1.09. The smallest absolute Gasteiger partial charge is 0.462 e. The van der Waals surface area contributed by atoms with Crippen molar-refractivity contribution in [3.05, 3.63) is 27.3 Å². The molecule has 0 atom stereocenters. The third-order valence-corrected chi connectivity index (χ3v) is 2.24. The molecule has 94 valence electrons. The van der Waals surface area contributed by atoms with Crippen LogP contribution in [0.5, 0.6) is 5.75 Å². The molecule has 0 saturated heterocycles. The highest BCUT2D eigenvalue weighted by molar-refractivity contribution is 14.1. The number of carbonyl (C=O) groups is 1. The van der Waals surface area contributed by atoms with Crippen LogP contribution in [0.2, 0.25) is 0 Å². The molecule has 1 aromatic rings. The van der Waals surface area contributed by atoms with E-state index in [9.17, 15) is 18.0 Å². The Balaban J connectivity index is 2.98. The minimum absolute atomic E-state index is 0.0259. The van der Waals surface area contributed by atoms with Gasteiger partial charge in [0, 0.05) is 3.57 Å². The molecule has 0 saturated carbocycles. The monoisotopic (exact) mass is 360 g/mol. The van der Waals surface area contributed by atoms with Crippen LogP contribution >= 0.6 is 22.6 Å². The fourth-order valence-corrected chi connectivity index (χ4v) is 1.73. The maximum absolute atomic E-state index is 12.0. The van der Waals surface area contributed by atoms with Gasteiger partial charge in [0.2, 0.25) is 0 Å². The van der Waals surface area contributed by atoms with Crippen molar-refractivity contribution in [2.45, 2.75) is 13.3 Å². The van der Waals surface area contributed by atoms with E-state index in [1.807, 2.05) is 0 Å². The molecule has 0 aliphatic rings. The second-order valence-corrected chi connectivity index (χ2v) is 4.19. The standard InChI is InChI=1S/C10H8F3IO3/c1-2-16-9(15)6-3-7(14)5-8(4-6)17-10(11,12)13/h3-5H,2H2,1H3. The van der Waals surface area contributed by atoms with Gasteiger partial charge in [-0.25, -0.2) is 4.79 Å². The zero-order valence-electron chi connectivity index (χ0n) is 8.68. The molecule has 0 aliphatic carbocycles. The summed E-state index contributed by atoms with van der Waals surface area (Å²) < 4.78 is 44.9. The summed E-state index contributed by atoms with van der Waals surface area (Å²) in [5.41, 5.74) is 0.0259. The highest BCUT2D eigenvalue weighted by Gasteiger charge is 2.31. The summed E-state index contributed by atoms with van der Waals surface area (Å²) in [5, 5.41) is 0. The van der Waals surface area contributed by atoms with Crippen LogP contribution < -0.4 is 4.74 Å². The summed E-state index contributed by atoms with van der Waals surface area (Å²) in [7, 11) is 0. The maximum atomic E-state index is 12.0. The van der Waals surface area contributed by atoms with Gasteiger partial charge in [-0.3, -0.25) is 0 Å². The van der Waals surface area contributed by atoms with Crippen LogP contribution in [0.25, 0.3) is 0 Å². The van der Waals surface area contributed by atoms with Gasteiger partial charge in [0.05, 0.1) is 12.2 Å². The molecule has 1 aromatic carbocycles. The van der Waals surface area contributed by atoms with E-state index in [-0.39, 0.29) is 12.2 Å². The summed E-state index contributed by atoms with van der Waals surface area (Å²) in [6.07, 6.45) is -4.78. The van der Waals surface area contributed by atoms with E-state index in [2.05, 4.69) is 9.47 Å². The van der Waals surface area contributed by atoms with Crippen LogP contribution in [0.3, 0.4) is 0 Å². The molecule has 7 heteroatoms. The largest absolute Gasteiger partial charge is 0.573 e. The highest BCUT2D eigenvalue weighted by Crippen LogP contribution is 2.26. The van der Waals surface area contributed by atoms with E-state index in [1.165, 1.54) is 12.1 Å². The number of alkyl halides is 3. The van der Waals surface area contributed by atoms with Gasteiger partial charge in [0.1, 0.15) is 5.75 Å². The van der Waals surface area contributed by atoms with Gasteiger partial charge in [-0.1, -0.05) is 0 Å². The zero-order valence-corrected chi connectivity index (χ0v) is 10.8. The summed E-state index contributed by atoms with van der Waals surface area (Å²) in [5.74, 6) is -1.12. The Kier molecular flexibility index (Phi) is 4.61. The third kappa shape index (κ3) is 4.80. The second kappa shape index (κ2) is 5.56. The predicted molar refractivity (Wildman–Crippen MR) is 61.8 cm³/mol. The molecule has 0 aliphatic heterocycles. The van der Waals surface area contributed by atoms with Gasteiger partial charge in [0.15, 0.2) is 0 Å². The Labute approximate surface area is 109 Å². The molecule has 17 heavy (non-hydrogen) atoms. The van der Waals surface area contributed by atoms with Gasteiger partial charge in [-0.2, -0.15) is 0 Å². The van der Waals surface area contributed by atoms with E-state index < -0.39 is 18.1 Å². The Hall–Kier alpha value is -0.990. The predicted octanol–water partition coefficient (Wildman–Crippen LogP) is 3.37. The van der Waals surface area contributed by atoms with Gasteiger partial charge >= 0.3 is 12.3 Å². The Morgan fingerprint density at radius 3 is 2.53 bits per heavy atom. The van der Waals surface area contributed by atoms with Crippen molar-refractivity contribution < 1.29 is 27.4 Å². The molecule has 0 unspecified atom stereocenters. The van der Waals surface area contributed by atoms with Crippen LogP contribution in [0.4, 0.5) is 13.2 Å². The second-order valence-electron chi connectivity index (χ2n) is 2.94. The number of carbonyl (C=O) groups excluding carboxylic acids is 1. The summed E-state index contributed by atoms with van der Waals surface area (Å²) in [6.45, 7) is 1.76. The number of hydrogen-bond donors (Lipinski definition) is 0. The molecule has 0 spiro atoms. The molecule has 0 N–H and O–H groups in total. The van der Waals surface area contributed by atoms with Crippen molar-refractivity contribution in [1.29, 1.82) is 0 Å². The first-order valence-corrected chi connectivity index (χ1v) is 5.63. The number of esters is 1. The van der Waals surface area contributed by atoms with E-state index in [4.69, 9.17) is 0 Å². The van der Waals surface area contributed by atoms with Crippen molar-refractivity contribution in [3.8, 4) is 5.75 Å². The number of benzene rings is 1. The van der Waals surface area contributed by atoms with Crippen LogP contribution in [-0.4, -0.2) is 18.9 Å². The first-order chi connectivity index (χ1) is 7.81. The lowest BCUT2D eigenvalue weighted by Crippen LogP contribution is -2.17. The Morgan fingerprint density at radius 1 is 1.35 bits per heavy atom. The normalized spacial score (nSPS) is 11.1. The Morgan fingerprint density at radius 2 is 2.00 bits per heavy atom. The number of ether oxygens (including phenoxy) is 2. The average molecular weight is 360 g/mol. The minimum Gasteiger partial charge on any atom is -0.462 e. The average Bonchev–Trinajstić information content (AvgIpc) is 2.14. The first-order valence-electron chi connectivity index (χ1n) is 4.55. The summed E-state index contributed by atoms with van der Waals surface area (Å²) >= 11 is 1.79. The van der Waals surface area contributed by atoms with E-state index in [0.29, 0.717) is 3.57 Å². The number of halogens is 4. The lowest BCUT2D eigenvalue weighted by atomic mass is 10.2. The van der Waals surface area contributed by atoms with Crippen molar-refractivity contribution >= 4 is 28.6 Å². The molecular formula is C10H8F3IO3. The van der Waals surface area contributed by atoms with Gasteiger partial charge in [-0.05, 0) is 47.7 Å². The van der Waals surface area contributed by atoms with Gasteiger partial charge < -0.3 is 9.47 Å². The molecule has 1 rings (SSSR count). The first kappa shape index (κ1) is 14.1. The van der Waals surface area contributed by atoms with E-state index in [0.717, 1.165) is 6.07 Å². The van der Waals surface area contributed by atoms with Crippen LogP contribution in [0.1, 0.15) is 17.3 Å². The molecule has 0 bridgehead atoms. The molecule has 0 aromatic heterocycles. The quantitative estimate of drug-likeness (QED) is 0.613. The molecule has 0 radical (unpaired) electrons. The molecule has 0 heterocycles. The summed E-state index contributed by atoms with van der Waals surface area (Å²) in [6, 6.07) is 3.59. The van der Waals surface area contributed by atoms with Crippen molar-refractivity contribution in [3.63, 3.8) is 0 Å². The topological polar surface area (TPSA) is 35.5 Å². The Bertz CT molecular complexity index is 418. The van der Waals surface area contributed by atoms with Crippen LogP contribution in [0.15, 0.2) is 18.2 Å². The maximum Gasteiger partial charge on any atom is 0.573 e. The SMILES string of the molecule is CCOC(=O)c1cc(I)cc(OC(F)(F)F)c1. The lowest BCUT2D eigenvalue weighted by Gasteiger charge is -2.10. The van der Waals surface area contributed by atoms with Gasteiger partial charge in [0.25, 0.3) is 0 Å². The van der Waals surface area contributed by atoms with Crippen LogP contribution in [0, 0.1) is 3.57 Å². The van der Waals surface area contributed by atoms with Crippen LogP contribution in [-0.2, 0) is 4.74 Å². The van der Waals surface area contributed by atoms with E-state index >= 15 is 0 Å². The molecule has 3 nitrogen and oxygen atoms in total. The number of rotatable bonds is 3. The zero-order chi connectivity index (χ0) is 13.1. The molecular weight excluding hydrogens is 352 g/mol. The van der Waals surface area contributed by atoms with Crippen molar-refractivity contribution in [1.82, 2.24) is 0 Å².